The third-order valence-electron chi connectivity index (χ3n) is 3.66. The molecule has 2 rings (SSSR count). The first-order valence-corrected chi connectivity index (χ1v) is 7.72. The minimum atomic E-state index is -0.744. The molecule has 1 aromatic carbocycles. The predicted octanol–water partition coefficient (Wildman–Crippen LogP) is 3.22. The first-order chi connectivity index (χ1) is 9.54. The molecule has 1 fully saturated rings. The van der Waals surface area contributed by atoms with E-state index in [4.69, 9.17) is 0 Å². The van der Waals surface area contributed by atoms with Crippen LogP contribution >= 0.6 is 11.8 Å². The van der Waals surface area contributed by atoms with Gasteiger partial charge in [-0.25, -0.2) is 4.99 Å². The fraction of sp³-hybridized carbons (Fsp3) is 0.467. The van der Waals surface area contributed by atoms with Crippen LogP contribution < -0.4 is 0 Å². The van der Waals surface area contributed by atoms with Gasteiger partial charge in [0.25, 0.3) is 0 Å². The summed E-state index contributed by atoms with van der Waals surface area (Å²) < 4.78 is 0. The van der Waals surface area contributed by atoms with Gasteiger partial charge in [-0.15, -0.1) is 0 Å². The summed E-state index contributed by atoms with van der Waals surface area (Å²) >= 11 is 1.58. The Bertz CT molecular complexity index is 504. The van der Waals surface area contributed by atoms with Crippen LogP contribution in [0.3, 0.4) is 0 Å². The van der Waals surface area contributed by atoms with E-state index in [0.29, 0.717) is 0 Å². The number of para-hydroxylation sites is 1. The minimum absolute atomic E-state index is 0.0370. The summed E-state index contributed by atoms with van der Waals surface area (Å²) in [5.74, 6) is -1.13. The Balaban J connectivity index is 2.26. The number of hydrogen-bond donors (Lipinski definition) is 1. The zero-order chi connectivity index (χ0) is 14.7. The van der Waals surface area contributed by atoms with Crippen molar-refractivity contribution in [2.75, 3.05) is 6.54 Å². The summed E-state index contributed by atoms with van der Waals surface area (Å²) in [7, 11) is 0. The van der Waals surface area contributed by atoms with Gasteiger partial charge in [0.2, 0.25) is 0 Å². The second kappa shape index (κ2) is 6.31. The Labute approximate surface area is 123 Å². The molecule has 5 heteroatoms. The molecular weight excluding hydrogens is 272 g/mol. The van der Waals surface area contributed by atoms with E-state index >= 15 is 0 Å². The number of rotatable bonds is 4. The SMILES string of the molecule is CCN1C(=Nc2ccccc2)SC(C(C)C(=O)O)C1C. The van der Waals surface area contributed by atoms with Crippen molar-refractivity contribution in [1.29, 1.82) is 0 Å². The topological polar surface area (TPSA) is 52.9 Å². The van der Waals surface area contributed by atoms with E-state index < -0.39 is 5.97 Å². The number of carboxylic acid groups (broad SMARTS) is 1. The molecule has 108 valence electrons. The van der Waals surface area contributed by atoms with Gasteiger partial charge in [0.05, 0.1) is 11.6 Å². The monoisotopic (exact) mass is 292 g/mol. The number of aliphatic carboxylic acids is 1. The molecule has 1 saturated heterocycles. The van der Waals surface area contributed by atoms with Crippen LogP contribution in [0.4, 0.5) is 5.69 Å². The summed E-state index contributed by atoms with van der Waals surface area (Å²) in [5.41, 5.74) is 0.907. The maximum Gasteiger partial charge on any atom is 0.307 e. The fourth-order valence-corrected chi connectivity index (χ4v) is 3.92. The smallest absolute Gasteiger partial charge is 0.307 e. The van der Waals surface area contributed by atoms with Crippen LogP contribution in [-0.4, -0.2) is 39.0 Å². The molecule has 1 heterocycles. The molecular formula is C15H20N2O2S. The van der Waals surface area contributed by atoms with Crippen molar-refractivity contribution in [1.82, 2.24) is 4.90 Å². The van der Waals surface area contributed by atoms with Gasteiger partial charge in [0.15, 0.2) is 5.17 Å². The maximum atomic E-state index is 11.2. The molecule has 0 bridgehead atoms. The molecule has 1 aromatic rings. The normalized spacial score (nSPS) is 25.9. The van der Waals surface area contributed by atoms with Gasteiger partial charge in [-0.2, -0.15) is 0 Å². The van der Waals surface area contributed by atoms with Crippen LogP contribution in [0.5, 0.6) is 0 Å². The van der Waals surface area contributed by atoms with E-state index in [0.717, 1.165) is 17.4 Å². The number of thioether (sulfide) groups is 1. The highest BCUT2D eigenvalue weighted by Gasteiger charge is 2.40. The van der Waals surface area contributed by atoms with Gasteiger partial charge in [-0.1, -0.05) is 36.9 Å². The average Bonchev–Trinajstić information content (AvgIpc) is 2.75. The van der Waals surface area contributed by atoms with Crippen LogP contribution in [0, 0.1) is 5.92 Å². The number of carboxylic acids is 1. The van der Waals surface area contributed by atoms with Crippen LogP contribution in [0.2, 0.25) is 0 Å². The van der Waals surface area contributed by atoms with E-state index in [-0.39, 0.29) is 17.2 Å². The molecule has 0 radical (unpaired) electrons. The zero-order valence-electron chi connectivity index (χ0n) is 12.0. The van der Waals surface area contributed by atoms with Crippen LogP contribution in [-0.2, 0) is 4.79 Å². The van der Waals surface area contributed by atoms with Gasteiger partial charge in [-0.3, -0.25) is 4.79 Å². The standard InChI is InChI=1S/C15H20N2O2S/c1-4-17-11(3)13(10(2)14(18)19)20-15(17)16-12-8-6-5-7-9-12/h5-11,13H,4H2,1-3H3,(H,18,19). The number of nitrogens with zero attached hydrogens (tertiary/aromatic N) is 2. The van der Waals surface area contributed by atoms with Crippen molar-refractivity contribution in [2.45, 2.75) is 32.1 Å². The van der Waals surface area contributed by atoms with E-state index in [1.165, 1.54) is 0 Å². The highest BCUT2D eigenvalue weighted by molar-refractivity contribution is 8.14. The molecule has 1 N–H and O–H groups in total. The molecule has 0 spiro atoms. The van der Waals surface area contributed by atoms with Gasteiger partial charge in [-0.05, 0) is 26.0 Å². The Morgan fingerprint density at radius 1 is 1.45 bits per heavy atom. The van der Waals surface area contributed by atoms with E-state index in [9.17, 15) is 9.90 Å². The molecule has 0 aliphatic carbocycles. The lowest BCUT2D eigenvalue weighted by atomic mass is 10.0. The number of hydrogen-bond acceptors (Lipinski definition) is 3. The van der Waals surface area contributed by atoms with Crippen molar-refractivity contribution in [3.63, 3.8) is 0 Å². The van der Waals surface area contributed by atoms with Crippen molar-refractivity contribution >= 4 is 28.6 Å². The summed E-state index contributed by atoms with van der Waals surface area (Å²) in [5, 5.41) is 10.2. The summed E-state index contributed by atoms with van der Waals surface area (Å²) in [6, 6.07) is 9.96. The maximum absolute atomic E-state index is 11.2. The zero-order valence-corrected chi connectivity index (χ0v) is 12.8. The minimum Gasteiger partial charge on any atom is -0.481 e. The predicted molar refractivity (Wildman–Crippen MR) is 83.6 cm³/mol. The van der Waals surface area contributed by atoms with Gasteiger partial charge in [0.1, 0.15) is 0 Å². The third-order valence-corrected chi connectivity index (χ3v) is 5.27. The first kappa shape index (κ1) is 14.9. The van der Waals surface area contributed by atoms with Gasteiger partial charge < -0.3 is 10.0 Å². The lowest BCUT2D eigenvalue weighted by Crippen LogP contribution is -2.38. The Hall–Kier alpha value is -1.49. The molecule has 3 atom stereocenters. The van der Waals surface area contributed by atoms with Crippen LogP contribution in [0.1, 0.15) is 20.8 Å². The van der Waals surface area contributed by atoms with E-state index in [1.807, 2.05) is 30.3 Å². The van der Waals surface area contributed by atoms with Gasteiger partial charge >= 0.3 is 5.97 Å². The largest absolute Gasteiger partial charge is 0.481 e. The number of aliphatic imine (C=N–C) groups is 1. The van der Waals surface area contributed by atoms with Crippen molar-refractivity contribution in [2.24, 2.45) is 10.9 Å². The highest BCUT2D eigenvalue weighted by atomic mass is 32.2. The van der Waals surface area contributed by atoms with Crippen molar-refractivity contribution in [3.8, 4) is 0 Å². The quantitative estimate of drug-likeness (QED) is 0.925. The Morgan fingerprint density at radius 2 is 2.10 bits per heavy atom. The van der Waals surface area contributed by atoms with Crippen LogP contribution in [0.15, 0.2) is 35.3 Å². The molecule has 20 heavy (non-hydrogen) atoms. The van der Waals surface area contributed by atoms with Crippen LogP contribution in [0.25, 0.3) is 0 Å². The van der Waals surface area contributed by atoms with Crippen molar-refractivity contribution in [3.05, 3.63) is 30.3 Å². The molecule has 3 unspecified atom stereocenters. The average molecular weight is 292 g/mol. The van der Waals surface area contributed by atoms with E-state index in [1.54, 1.807) is 18.7 Å². The number of amidine groups is 1. The molecule has 1 aliphatic heterocycles. The number of carbonyl (C=O) groups is 1. The molecule has 4 nitrogen and oxygen atoms in total. The second-order valence-electron chi connectivity index (χ2n) is 4.97. The fourth-order valence-electron chi connectivity index (χ4n) is 2.43. The number of benzene rings is 1. The lowest BCUT2D eigenvalue weighted by Gasteiger charge is -2.25. The first-order valence-electron chi connectivity index (χ1n) is 6.84. The summed E-state index contributed by atoms with van der Waals surface area (Å²) in [4.78, 5) is 18.1. The van der Waals surface area contributed by atoms with E-state index in [2.05, 4.69) is 23.7 Å². The molecule has 0 saturated carbocycles. The molecule has 0 amide bonds. The summed E-state index contributed by atoms with van der Waals surface area (Å²) in [6.07, 6.45) is 0. The lowest BCUT2D eigenvalue weighted by molar-refractivity contribution is -0.141. The summed E-state index contributed by atoms with van der Waals surface area (Å²) in [6.45, 7) is 6.76. The third kappa shape index (κ3) is 2.98. The van der Waals surface area contributed by atoms with Gasteiger partial charge in [0, 0.05) is 17.8 Å². The highest BCUT2D eigenvalue weighted by Crippen LogP contribution is 2.37. The second-order valence-corrected chi connectivity index (χ2v) is 6.11. The molecule has 0 aromatic heterocycles. The Kier molecular flexibility index (Phi) is 4.70. The Morgan fingerprint density at radius 3 is 2.65 bits per heavy atom. The molecule has 1 aliphatic rings. The van der Waals surface area contributed by atoms with Crippen molar-refractivity contribution < 1.29 is 9.90 Å².